The Morgan fingerprint density at radius 1 is 1.17 bits per heavy atom. The third-order valence-electron chi connectivity index (χ3n) is 3.60. The summed E-state index contributed by atoms with van der Waals surface area (Å²) in [6, 6.07) is 8.79. The van der Waals surface area contributed by atoms with Gasteiger partial charge in [-0.1, -0.05) is 58.3 Å². The molecular formula is C16H7Cl3N2O2S. The molecule has 0 unspecified atom stereocenters. The van der Waals surface area contributed by atoms with Crippen LogP contribution in [0.4, 0.5) is 0 Å². The Bertz CT molecular complexity index is 1230. The molecule has 0 spiro atoms. The highest BCUT2D eigenvalue weighted by molar-refractivity contribution is 7.15. The normalized spacial score (nSPS) is 12.5. The summed E-state index contributed by atoms with van der Waals surface area (Å²) in [5, 5.41) is 10.2. The number of para-hydroxylation sites is 2. The number of phenolic OH excluding ortho intramolecular Hbond substituents is 1. The van der Waals surface area contributed by atoms with Gasteiger partial charge in [-0.15, -0.1) is 0 Å². The SMILES string of the molecule is O=c1/c(=C/c2c(Cl)cc(Cl)c(O)c2Cl)sc2nc3ccccc3n12. The van der Waals surface area contributed by atoms with Crippen LogP contribution in [0, 0.1) is 0 Å². The molecule has 4 rings (SSSR count). The van der Waals surface area contributed by atoms with E-state index in [1.165, 1.54) is 23.5 Å². The van der Waals surface area contributed by atoms with Crippen molar-refractivity contribution in [3.05, 3.63) is 65.8 Å². The number of imidazole rings is 1. The van der Waals surface area contributed by atoms with Gasteiger partial charge in [-0.2, -0.15) is 0 Å². The van der Waals surface area contributed by atoms with Crippen molar-refractivity contribution < 1.29 is 5.11 Å². The lowest BCUT2D eigenvalue weighted by Gasteiger charge is -2.05. The third-order valence-corrected chi connectivity index (χ3v) is 5.55. The molecule has 0 atom stereocenters. The van der Waals surface area contributed by atoms with E-state index in [-0.39, 0.29) is 26.4 Å². The number of hydrogen-bond donors (Lipinski definition) is 1. The fourth-order valence-electron chi connectivity index (χ4n) is 2.47. The summed E-state index contributed by atoms with van der Waals surface area (Å²) in [7, 11) is 0. The molecular weight excluding hydrogens is 391 g/mol. The quantitative estimate of drug-likeness (QED) is 0.525. The average Bonchev–Trinajstić information content (AvgIpc) is 3.06. The summed E-state index contributed by atoms with van der Waals surface area (Å²) in [6.45, 7) is 0. The number of aromatic nitrogens is 2. The monoisotopic (exact) mass is 396 g/mol. The molecule has 4 nitrogen and oxygen atoms in total. The van der Waals surface area contributed by atoms with Crippen molar-refractivity contribution in [2.45, 2.75) is 0 Å². The molecule has 0 fully saturated rings. The van der Waals surface area contributed by atoms with Crippen molar-refractivity contribution >= 4 is 68.2 Å². The standard InChI is InChI=1S/C16H7Cl3N2O2S/c17-8-6-9(18)14(22)13(19)7(8)5-12-15(23)21-11-4-2-1-3-10(11)20-16(21)24-12/h1-6,22H/b12-5-. The van der Waals surface area contributed by atoms with Crippen LogP contribution in [-0.2, 0) is 0 Å². The van der Waals surface area contributed by atoms with E-state index in [1.807, 2.05) is 24.3 Å². The van der Waals surface area contributed by atoms with E-state index in [4.69, 9.17) is 34.8 Å². The zero-order valence-electron chi connectivity index (χ0n) is 11.8. The van der Waals surface area contributed by atoms with Gasteiger partial charge in [-0.3, -0.25) is 4.79 Å². The number of rotatable bonds is 1. The maximum absolute atomic E-state index is 12.7. The maximum Gasteiger partial charge on any atom is 0.274 e. The minimum absolute atomic E-state index is 0.00259. The van der Waals surface area contributed by atoms with Gasteiger partial charge in [0.25, 0.3) is 5.56 Å². The first-order valence-corrected chi connectivity index (χ1v) is 8.70. The lowest BCUT2D eigenvalue weighted by atomic mass is 10.2. The molecule has 120 valence electrons. The van der Waals surface area contributed by atoms with E-state index in [2.05, 4.69) is 4.98 Å². The summed E-state index contributed by atoms with van der Waals surface area (Å²) in [6.07, 6.45) is 1.54. The molecule has 1 N–H and O–H groups in total. The van der Waals surface area contributed by atoms with E-state index in [0.717, 1.165) is 11.0 Å². The second-order valence-corrected chi connectivity index (χ2v) is 7.25. The number of fused-ring (bicyclic) bond motifs is 3. The minimum Gasteiger partial charge on any atom is -0.505 e. The first-order valence-electron chi connectivity index (χ1n) is 6.75. The molecule has 0 aliphatic heterocycles. The number of thiazole rings is 1. The predicted octanol–water partition coefficient (Wildman–Crippen LogP) is 4.12. The molecule has 2 aromatic heterocycles. The van der Waals surface area contributed by atoms with E-state index < -0.39 is 0 Å². The van der Waals surface area contributed by atoms with E-state index in [0.29, 0.717) is 15.1 Å². The molecule has 8 heteroatoms. The molecule has 0 aliphatic carbocycles. The van der Waals surface area contributed by atoms with Crippen LogP contribution < -0.4 is 10.1 Å². The first kappa shape index (κ1) is 15.7. The Morgan fingerprint density at radius 2 is 1.92 bits per heavy atom. The van der Waals surface area contributed by atoms with Crippen LogP contribution in [0.2, 0.25) is 15.1 Å². The number of halogens is 3. The van der Waals surface area contributed by atoms with Gasteiger partial charge in [-0.05, 0) is 24.3 Å². The molecule has 0 saturated carbocycles. The molecule has 0 amide bonds. The van der Waals surface area contributed by atoms with Crippen LogP contribution in [0.15, 0.2) is 35.1 Å². The van der Waals surface area contributed by atoms with Crippen LogP contribution in [0.25, 0.3) is 22.1 Å². The maximum atomic E-state index is 12.7. The highest BCUT2D eigenvalue weighted by Crippen LogP contribution is 2.39. The highest BCUT2D eigenvalue weighted by atomic mass is 35.5. The van der Waals surface area contributed by atoms with Gasteiger partial charge in [0.2, 0.25) is 0 Å². The first-order chi connectivity index (χ1) is 11.5. The van der Waals surface area contributed by atoms with Crippen LogP contribution in [0.5, 0.6) is 5.75 Å². The lowest BCUT2D eigenvalue weighted by Crippen LogP contribution is -2.22. The molecule has 0 bridgehead atoms. The Hall–Kier alpha value is -1.79. The van der Waals surface area contributed by atoms with Gasteiger partial charge in [0.15, 0.2) is 10.7 Å². The van der Waals surface area contributed by atoms with Crippen molar-refractivity contribution in [2.24, 2.45) is 0 Å². The van der Waals surface area contributed by atoms with E-state index >= 15 is 0 Å². The van der Waals surface area contributed by atoms with Crippen LogP contribution in [0.1, 0.15) is 5.56 Å². The fraction of sp³-hybridized carbons (Fsp3) is 0. The number of aromatic hydroxyl groups is 1. The molecule has 0 radical (unpaired) electrons. The molecule has 24 heavy (non-hydrogen) atoms. The van der Waals surface area contributed by atoms with E-state index in [9.17, 15) is 9.90 Å². The zero-order chi connectivity index (χ0) is 17.0. The number of hydrogen-bond acceptors (Lipinski definition) is 4. The second-order valence-electron chi connectivity index (χ2n) is 5.05. The number of nitrogens with zero attached hydrogens (tertiary/aromatic N) is 2. The van der Waals surface area contributed by atoms with Gasteiger partial charge in [0.05, 0.1) is 30.6 Å². The second kappa shape index (κ2) is 5.63. The average molecular weight is 398 g/mol. The highest BCUT2D eigenvalue weighted by Gasteiger charge is 2.15. The smallest absolute Gasteiger partial charge is 0.274 e. The molecule has 2 aromatic carbocycles. The lowest BCUT2D eigenvalue weighted by molar-refractivity contribution is 0.476. The summed E-state index contributed by atoms with van der Waals surface area (Å²) >= 11 is 19.3. The number of phenols is 1. The summed E-state index contributed by atoms with van der Waals surface area (Å²) in [5.74, 6) is -0.270. The van der Waals surface area contributed by atoms with Crippen LogP contribution in [-0.4, -0.2) is 14.5 Å². The third kappa shape index (κ3) is 2.28. The number of benzene rings is 2. The minimum atomic E-state index is -0.270. The van der Waals surface area contributed by atoms with Crippen molar-refractivity contribution in [3.8, 4) is 5.75 Å². The zero-order valence-corrected chi connectivity index (χ0v) is 14.8. The van der Waals surface area contributed by atoms with E-state index in [1.54, 1.807) is 4.40 Å². The summed E-state index contributed by atoms with van der Waals surface area (Å²) in [4.78, 5) is 17.7. The predicted molar refractivity (Wildman–Crippen MR) is 98.8 cm³/mol. The van der Waals surface area contributed by atoms with Gasteiger partial charge in [0, 0.05) is 5.56 Å². The summed E-state index contributed by atoms with van der Waals surface area (Å²) < 4.78 is 1.96. The van der Waals surface area contributed by atoms with Crippen molar-refractivity contribution in [1.29, 1.82) is 0 Å². The van der Waals surface area contributed by atoms with Gasteiger partial charge in [0.1, 0.15) is 0 Å². The van der Waals surface area contributed by atoms with Crippen molar-refractivity contribution in [2.75, 3.05) is 0 Å². The molecule has 0 saturated heterocycles. The Labute approximate surface area is 154 Å². The van der Waals surface area contributed by atoms with Gasteiger partial charge < -0.3 is 5.11 Å². The molecule has 0 aliphatic rings. The fourth-order valence-corrected chi connectivity index (χ4v) is 4.31. The Balaban J connectivity index is 2.05. The topological polar surface area (TPSA) is 54.6 Å². The van der Waals surface area contributed by atoms with Crippen molar-refractivity contribution in [3.63, 3.8) is 0 Å². The van der Waals surface area contributed by atoms with Crippen LogP contribution in [0.3, 0.4) is 0 Å². The largest absolute Gasteiger partial charge is 0.505 e. The Kier molecular flexibility index (Phi) is 3.69. The molecule has 2 heterocycles. The molecule has 4 aromatic rings. The van der Waals surface area contributed by atoms with Crippen LogP contribution >= 0.6 is 46.1 Å². The van der Waals surface area contributed by atoms with Gasteiger partial charge >= 0.3 is 0 Å². The van der Waals surface area contributed by atoms with Gasteiger partial charge in [-0.25, -0.2) is 9.38 Å². The summed E-state index contributed by atoms with van der Waals surface area (Å²) in [5.41, 5.74) is 1.62. The Morgan fingerprint density at radius 3 is 2.71 bits per heavy atom. The van der Waals surface area contributed by atoms with Crippen molar-refractivity contribution in [1.82, 2.24) is 9.38 Å².